The highest BCUT2D eigenvalue weighted by Gasteiger charge is 2.21. The number of hydrogen-bond acceptors (Lipinski definition) is 4. The molecule has 138 valence electrons. The van der Waals surface area contributed by atoms with Crippen molar-refractivity contribution in [1.82, 2.24) is 20.4 Å². The van der Waals surface area contributed by atoms with Gasteiger partial charge in [0.1, 0.15) is 18.5 Å². The molecule has 0 aliphatic heterocycles. The number of aryl methyl sites for hydroxylation is 1. The molecule has 25 heavy (non-hydrogen) atoms. The number of halogens is 3. The third-order valence-corrected chi connectivity index (χ3v) is 3.38. The van der Waals surface area contributed by atoms with Gasteiger partial charge in [0.25, 0.3) is 0 Å². The number of amides is 1. The third-order valence-electron chi connectivity index (χ3n) is 3.38. The maximum absolute atomic E-state index is 13.5. The number of rotatable bonds is 7. The standard InChI is InChI=1S/C16H20F2N4O2.ClH/c1-10(9-24-14-5-4-12(17)6-13(14)18)21-16(23)15(19-2)11-7-20-22(3)8-11;/h4-8,10,15,19H,9H2,1-3H3,(H,21,23);1H. The van der Waals surface area contributed by atoms with Crippen LogP contribution in [0.2, 0.25) is 0 Å². The lowest BCUT2D eigenvalue weighted by atomic mass is 10.1. The van der Waals surface area contributed by atoms with Crippen molar-refractivity contribution in [3.63, 3.8) is 0 Å². The third kappa shape index (κ3) is 5.68. The first-order valence-corrected chi connectivity index (χ1v) is 7.44. The minimum Gasteiger partial charge on any atom is -0.488 e. The van der Waals surface area contributed by atoms with Gasteiger partial charge in [-0.1, -0.05) is 0 Å². The van der Waals surface area contributed by atoms with E-state index in [1.807, 2.05) is 0 Å². The number of likely N-dealkylation sites (N-methyl/N-ethyl adjacent to an activating group) is 1. The molecule has 9 heteroatoms. The van der Waals surface area contributed by atoms with Gasteiger partial charge in [-0.05, 0) is 26.1 Å². The molecule has 2 rings (SSSR count). The Bertz CT molecular complexity index is 711. The molecule has 1 heterocycles. The van der Waals surface area contributed by atoms with Crippen molar-refractivity contribution in [1.29, 1.82) is 0 Å². The molecule has 2 atom stereocenters. The number of nitrogens with one attached hydrogen (secondary N) is 2. The summed E-state index contributed by atoms with van der Waals surface area (Å²) in [4.78, 5) is 12.3. The lowest BCUT2D eigenvalue weighted by molar-refractivity contribution is -0.124. The first-order chi connectivity index (χ1) is 11.4. The number of benzene rings is 1. The van der Waals surface area contributed by atoms with E-state index >= 15 is 0 Å². The molecule has 0 saturated carbocycles. The number of carbonyl (C=O) groups is 1. The smallest absolute Gasteiger partial charge is 0.242 e. The molecule has 6 nitrogen and oxygen atoms in total. The first-order valence-electron chi connectivity index (χ1n) is 7.44. The van der Waals surface area contributed by atoms with E-state index in [1.165, 1.54) is 6.07 Å². The van der Waals surface area contributed by atoms with Crippen molar-refractivity contribution in [2.75, 3.05) is 13.7 Å². The molecule has 0 bridgehead atoms. The fourth-order valence-corrected chi connectivity index (χ4v) is 2.21. The number of carbonyl (C=O) groups excluding carboxylic acids is 1. The number of aromatic nitrogens is 2. The van der Waals surface area contributed by atoms with Crippen LogP contribution >= 0.6 is 12.4 Å². The Morgan fingerprint density at radius 3 is 2.68 bits per heavy atom. The lowest BCUT2D eigenvalue weighted by Gasteiger charge is -2.19. The molecule has 2 aromatic rings. The highest BCUT2D eigenvalue weighted by atomic mass is 35.5. The van der Waals surface area contributed by atoms with Crippen LogP contribution in [-0.4, -0.2) is 35.4 Å². The monoisotopic (exact) mass is 374 g/mol. The Labute approximate surface area is 151 Å². The summed E-state index contributed by atoms with van der Waals surface area (Å²) in [6.45, 7) is 1.78. The fraction of sp³-hybridized carbons (Fsp3) is 0.375. The van der Waals surface area contributed by atoms with Crippen molar-refractivity contribution in [3.05, 3.63) is 47.8 Å². The zero-order chi connectivity index (χ0) is 17.7. The number of ether oxygens (including phenoxy) is 1. The number of hydrogen-bond donors (Lipinski definition) is 2. The molecule has 1 aromatic carbocycles. The van der Waals surface area contributed by atoms with Crippen LogP contribution in [0.3, 0.4) is 0 Å². The quantitative estimate of drug-likeness (QED) is 0.777. The predicted molar refractivity (Wildman–Crippen MR) is 91.7 cm³/mol. The van der Waals surface area contributed by atoms with Crippen LogP contribution in [0.1, 0.15) is 18.5 Å². The van der Waals surface area contributed by atoms with Crippen LogP contribution in [0.4, 0.5) is 8.78 Å². The minimum absolute atomic E-state index is 0. The molecule has 0 aliphatic rings. The largest absolute Gasteiger partial charge is 0.488 e. The summed E-state index contributed by atoms with van der Waals surface area (Å²) in [5, 5.41) is 9.74. The Kier molecular flexibility index (Phi) is 7.79. The molecular formula is C16H21ClF2N4O2. The first kappa shape index (κ1) is 20.9. The van der Waals surface area contributed by atoms with Gasteiger partial charge in [0, 0.05) is 24.9 Å². The van der Waals surface area contributed by atoms with Crippen LogP contribution in [0.25, 0.3) is 0 Å². The zero-order valence-electron chi connectivity index (χ0n) is 14.1. The normalized spacial score (nSPS) is 12.8. The van der Waals surface area contributed by atoms with Gasteiger partial charge < -0.3 is 15.4 Å². The average molecular weight is 375 g/mol. The predicted octanol–water partition coefficient (Wildman–Crippen LogP) is 1.96. The van der Waals surface area contributed by atoms with Crippen LogP contribution in [0.5, 0.6) is 5.75 Å². The van der Waals surface area contributed by atoms with Crippen molar-refractivity contribution in [2.45, 2.75) is 19.0 Å². The van der Waals surface area contributed by atoms with Crippen molar-refractivity contribution in [2.24, 2.45) is 7.05 Å². The molecular weight excluding hydrogens is 354 g/mol. The Balaban J connectivity index is 0.00000312. The van der Waals surface area contributed by atoms with Crippen LogP contribution in [0.15, 0.2) is 30.6 Å². The van der Waals surface area contributed by atoms with E-state index in [0.717, 1.165) is 17.7 Å². The van der Waals surface area contributed by atoms with E-state index in [2.05, 4.69) is 15.7 Å². The highest BCUT2D eigenvalue weighted by molar-refractivity contribution is 5.85. The van der Waals surface area contributed by atoms with E-state index in [-0.39, 0.29) is 36.7 Å². The van der Waals surface area contributed by atoms with E-state index in [4.69, 9.17) is 4.74 Å². The fourth-order valence-electron chi connectivity index (χ4n) is 2.21. The minimum atomic E-state index is -0.781. The van der Waals surface area contributed by atoms with Crippen LogP contribution < -0.4 is 15.4 Å². The molecule has 2 N–H and O–H groups in total. The van der Waals surface area contributed by atoms with Crippen molar-refractivity contribution < 1.29 is 18.3 Å². The zero-order valence-corrected chi connectivity index (χ0v) is 14.9. The summed E-state index contributed by atoms with van der Waals surface area (Å²) >= 11 is 0. The van der Waals surface area contributed by atoms with E-state index in [1.54, 1.807) is 38.1 Å². The second-order valence-electron chi connectivity index (χ2n) is 5.46. The summed E-state index contributed by atoms with van der Waals surface area (Å²) in [6, 6.07) is 2.16. The van der Waals surface area contributed by atoms with Gasteiger partial charge in [-0.25, -0.2) is 8.78 Å². The highest BCUT2D eigenvalue weighted by Crippen LogP contribution is 2.18. The van der Waals surface area contributed by atoms with Gasteiger partial charge in [-0.15, -0.1) is 12.4 Å². The Morgan fingerprint density at radius 2 is 2.12 bits per heavy atom. The Morgan fingerprint density at radius 1 is 1.40 bits per heavy atom. The van der Waals surface area contributed by atoms with Gasteiger partial charge in [0.05, 0.1) is 12.2 Å². The SMILES string of the molecule is CNC(C(=O)NC(C)COc1ccc(F)cc1F)c1cnn(C)c1.Cl. The van der Waals surface area contributed by atoms with E-state index in [0.29, 0.717) is 0 Å². The van der Waals surface area contributed by atoms with E-state index < -0.39 is 17.7 Å². The maximum atomic E-state index is 13.5. The molecule has 0 spiro atoms. The van der Waals surface area contributed by atoms with Crippen LogP contribution in [-0.2, 0) is 11.8 Å². The molecule has 1 amide bonds. The molecule has 0 radical (unpaired) electrons. The summed E-state index contributed by atoms with van der Waals surface area (Å²) in [7, 11) is 3.44. The van der Waals surface area contributed by atoms with Gasteiger partial charge in [-0.3, -0.25) is 9.48 Å². The summed E-state index contributed by atoms with van der Waals surface area (Å²) in [5.41, 5.74) is 0.732. The van der Waals surface area contributed by atoms with Gasteiger partial charge in [-0.2, -0.15) is 5.10 Å². The topological polar surface area (TPSA) is 68.2 Å². The summed E-state index contributed by atoms with van der Waals surface area (Å²) in [5.74, 6) is -1.76. The van der Waals surface area contributed by atoms with E-state index in [9.17, 15) is 13.6 Å². The Hall–Kier alpha value is -2.19. The average Bonchev–Trinajstić information content (AvgIpc) is 2.93. The van der Waals surface area contributed by atoms with Crippen LogP contribution in [0, 0.1) is 11.6 Å². The molecule has 2 unspecified atom stereocenters. The molecule has 1 aromatic heterocycles. The molecule has 0 saturated heterocycles. The van der Waals surface area contributed by atoms with Gasteiger partial charge in [0.2, 0.25) is 5.91 Å². The van der Waals surface area contributed by atoms with Gasteiger partial charge >= 0.3 is 0 Å². The second-order valence-corrected chi connectivity index (χ2v) is 5.46. The van der Waals surface area contributed by atoms with Gasteiger partial charge in [0.15, 0.2) is 11.6 Å². The second kappa shape index (κ2) is 9.33. The maximum Gasteiger partial charge on any atom is 0.242 e. The van der Waals surface area contributed by atoms with Crippen molar-refractivity contribution in [3.8, 4) is 5.75 Å². The summed E-state index contributed by atoms with van der Waals surface area (Å²) < 4.78 is 33.2. The summed E-state index contributed by atoms with van der Waals surface area (Å²) in [6.07, 6.45) is 3.35. The molecule has 0 aliphatic carbocycles. The number of nitrogens with zero attached hydrogens (tertiary/aromatic N) is 2. The lowest BCUT2D eigenvalue weighted by Crippen LogP contribution is -2.43. The van der Waals surface area contributed by atoms with Crippen molar-refractivity contribution >= 4 is 18.3 Å². The molecule has 0 fully saturated rings.